The fourth-order valence-corrected chi connectivity index (χ4v) is 3.15. The van der Waals surface area contributed by atoms with Crippen LogP contribution < -0.4 is 5.56 Å². The summed E-state index contributed by atoms with van der Waals surface area (Å²) in [5.41, 5.74) is 3.76. The summed E-state index contributed by atoms with van der Waals surface area (Å²) < 4.78 is 1.71. The zero-order valence-corrected chi connectivity index (χ0v) is 12.8. The Hall–Kier alpha value is -2.10. The molecule has 0 unspecified atom stereocenters. The fourth-order valence-electron chi connectivity index (χ4n) is 3.15. The molecular formula is C17H21N3O. The third kappa shape index (κ3) is 2.06. The average molecular weight is 283 g/mol. The summed E-state index contributed by atoms with van der Waals surface area (Å²) in [7, 11) is 0. The van der Waals surface area contributed by atoms with Crippen molar-refractivity contribution in [3.8, 4) is 0 Å². The van der Waals surface area contributed by atoms with Crippen LogP contribution >= 0.6 is 0 Å². The molecule has 0 saturated carbocycles. The van der Waals surface area contributed by atoms with Gasteiger partial charge in [-0.15, -0.1) is 0 Å². The van der Waals surface area contributed by atoms with E-state index in [1.54, 1.807) is 4.40 Å². The third-order valence-corrected chi connectivity index (χ3v) is 4.34. The second-order valence-corrected chi connectivity index (χ2v) is 5.45. The van der Waals surface area contributed by atoms with Crippen LogP contribution in [0.5, 0.6) is 0 Å². The third-order valence-electron chi connectivity index (χ3n) is 4.34. The van der Waals surface area contributed by atoms with Gasteiger partial charge >= 0.3 is 0 Å². The second kappa shape index (κ2) is 5.35. The lowest BCUT2D eigenvalue weighted by atomic mass is 9.94. The number of hydrogen-bond donors (Lipinski definition) is 1. The second-order valence-electron chi connectivity index (χ2n) is 5.45. The van der Waals surface area contributed by atoms with Crippen molar-refractivity contribution >= 4 is 16.8 Å². The molecule has 0 saturated heterocycles. The van der Waals surface area contributed by atoms with Crippen molar-refractivity contribution in [2.45, 2.75) is 46.0 Å². The Morgan fingerprint density at radius 3 is 2.57 bits per heavy atom. The Kier molecular flexibility index (Phi) is 3.53. The number of nitrogens with one attached hydrogen (secondary N) is 1. The maximum absolute atomic E-state index is 12.9. The van der Waals surface area contributed by atoms with Gasteiger partial charge in [0, 0.05) is 11.3 Å². The minimum Gasteiger partial charge on any atom is -0.328 e. The maximum Gasteiger partial charge on any atom is 0.262 e. The summed E-state index contributed by atoms with van der Waals surface area (Å²) >= 11 is 0. The van der Waals surface area contributed by atoms with Crippen molar-refractivity contribution in [1.29, 1.82) is 0 Å². The van der Waals surface area contributed by atoms with E-state index < -0.39 is 0 Å². The molecule has 0 aliphatic heterocycles. The van der Waals surface area contributed by atoms with Gasteiger partial charge < -0.3 is 4.98 Å². The smallest absolute Gasteiger partial charge is 0.262 e. The molecule has 0 aliphatic rings. The van der Waals surface area contributed by atoms with Gasteiger partial charge in [0.1, 0.15) is 0 Å². The van der Waals surface area contributed by atoms with E-state index >= 15 is 0 Å². The van der Waals surface area contributed by atoms with Crippen LogP contribution in [0.1, 0.15) is 50.8 Å². The van der Waals surface area contributed by atoms with Crippen molar-refractivity contribution in [2.75, 3.05) is 0 Å². The van der Waals surface area contributed by atoms with Crippen molar-refractivity contribution < 1.29 is 0 Å². The molecule has 0 atom stereocenters. The highest BCUT2D eigenvalue weighted by atomic mass is 16.1. The highest BCUT2D eigenvalue weighted by molar-refractivity contribution is 5.79. The average Bonchev–Trinajstić information content (AvgIpc) is 2.87. The molecule has 1 aromatic carbocycles. The van der Waals surface area contributed by atoms with Crippen LogP contribution in [0, 0.1) is 0 Å². The molecule has 3 rings (SSSR count). The lowest BCUT2D eigenvalue weighted by molar-refractivity contribution is 0.613. The van der Waals surface area contributed by atoms with Crippen molar-refractivity contribution in [3.05, 3.63) is 45.9 Å². The highest BCUT2D eigenvalue weighted by Gasteiger charge is 2.18. The standard InChI is InChI=1S/C17H21N3O/c1-4-11(5-2)15-12(6-3)16(21)20-14-10-8-7-9-13(14)18-17(20)19-15/h7-11H,4-6H2,1-3H3,(H,18,19). The van der Waals surface area contributed by atoms with E-state index in [1.165, 1.54) is 0 Å². The van der Waals surface area contributed by atoms with Crippen LogP contribution in [-0.2, 0) is 6.42 Å². The summed E-state index contributed by atoms with van der Waals surface area (Å²) in [4.78, 5) is 20.9. The number of aromatic amines is 1. The first-order valence-electron chi connectivity index (χ1n) is 7.73. The van der Waals surface area contributed by atoms with Gasteiger partial charge in [0.05, 0.1) is 11.0 Å². The number of hydrogen-bond acceptors (Lipinski definition) is 2. The Bertz CT molecular complexity index is 840. The SMILES string of the molecule is CCc1c(C(CC)CC)[nH]c2nc3ccccc3n2c1=O. The number of imidazole rings is 1. The maximum atomic E-state index is 12.9. The molecule has 0 spiro atoms. The van der Waals surface area contributed by atoms with Gasteiger partial charge in [-0.1, -0.05) is 32.9 Å². The van der Waals surface area contributed by atoms with Gasteiger partial charge in [0.2, 0.25) is 5.78 Å². The van der Waals surface area contributed by atoms with Crippen LogP contribution in [0.25, 0.3) is 16.8 Å². The van der Waals surface area contributed by atoms with E-state index in [4.69, 9.17) is 0 Å². The number of nitrogens with zero attached hydrogens (tertiary/aromatic N) is 2. The molecule has 3 aromatic rings. The number of H-pyrrole nitrogens is 1. The minimum absolute atomic E-state index is 0.0712. The summed E-state index contributed by atoms with van der Waals surface area (Å²) in [5.74, 6) is 1.04. The van der Waals surface area contributed by atoms with Crippen LogP contribution in [0.3, 0.4) is 0 Å². The first-order valence-corrected chi connectivity index (χ1v) is 7.73. The lowest BCUT2D eigenvalue weighted by Gasteiger charge is -2.16. The normalized spacial score (nSPS) is 11.8. The number of rotatable bonds is 4. The van der Waals surface area contributed by atoms with E-state index in [9.17, 15) is 4.79 Å². The predicted molar refractivity (Wildman–Crippen MR) is 86.0 cm³/mol. The quantitative estimate of drug-likeness (QED) is 0.794. The van der Waals surface area contributed by atoms with Crippen molar-refractivity contribution in [2.24, 2.45) is 0 Å². The van der Waals surface area contributed by atoms with Gasteiger partial charge in [0.15, 0.2) is 0 Å². The monoisotopic (exact) mass is 283 g/mol. The molecular weight excluding hydrogens is 262 g/mol. The Labute approximate surface area is 123 Å². The molecule has 4 nitrogen and oxygen atoms in total. The number of para-hydroxylation sites is 2. The van der Waals surface area contributed by atoms with E-state index in [0.29, 0.717) is 11.7 Å². The van der Waals surface area contributed by atoms with Crippen molar-refractivity contribution in [3.63, 3.8) is 0 Å². The molecule has 0 fully saturated rings. The molecule has 1 N–H and O–H groups in total. The predicted octanol–water partition coefficient (Wildman–Crippen LogP) is 3.64. The molecule has 21 heavy (non-hydrogen) atoms. The van der Waals surface area contributed by atoms with Crippen LogP contribution in [0.2, 0.25) is 0 Å². The molecule has 2 aromatic heterocycles. The van der Waals surface area contributed by atoms with Gasteiger partial charge in [-0.25, -0.2) is 9.38 Å². The number of benzene rings is 1. The van der Waals surface area contributed by atoms with Gasteiger partial charge in [-0.3, -0.25) is 4.79 Å². The summed E-state index contributed by atoms with van der Waals surface area (Å²) in [6.45, 7) is 6.37. The number of fused-ring (bicyclic) bond motifs is 3. The highest BCUT2D eigenvalue weighted by Crippen LogP contribution is 2.24. The lowest BCUT2D eigenvalue weighted by Crippen LogP contribution is -2.23. The van der Waals surface area contributed by atoms with Gasteiger partial charge in [-0.2, -0.15) is 0 Å². The topological polar surface area (TPSA) is 50.2 Å². The largest absolute Gasteiger partial charge is 0.328 e. The van der Waals surface area contributed by atoms with Crippen LogP contribution in [0.4, 0.5) is 0 Å². The van der Waals surface area contributed by atoms with Gasteiger partial charge in [-0.05, 0) is 37.3 Å². The Morgan fingerprint density at radius 1 is 1.19 bits per heavy atom. The van der Waals surface area contributed by atoms with E-state index in [2.05, 4.69) is 23.8 Å². The van der Waals surface area contributed by atoms with Gasteiger partial charge in [0.25, 0.3) is 5.56 Å². The number of aromatic nitrogens is 3. The molecule has 0 bridgehead atoms. The molecule has 0 radical (unpaired) electrons. The zero-order valence-electron chi connectivity index (χ0n) is 12.8. The Balaban J connectivity index is 2.42. The van der Waals surface area contributed by atoms with Crippen LogP contribution in [-0.4, -0.2) is 14.4 Å². The van der Waals surface area contributed by atoms with Crippen LogP contribution in [0.15, 0.2) is 29.1 Å². The van der Waals surface area contributed by atoms with Crippen molar-refractivity contribution in [1.82, 2.24) is 14.4 Å². The van der Waals surface area contributed by atoms with E-state index in [1.807, 2.05) is 31.2 Å². The summed E-state index contributed by atoms with van der Waals surface area (Å²) in [6, 6.07) is 7.77. The zero-order chi connectivity index (χ0) is 15.0. The summed E-state index contributed by atoms with van der Waals surface area (Å²) in [5, 5.41) is 0. The van der Waals surface area contributed by atoms with E-state index in [0.717, 1.165) is 41.6 Å². The first kappa shape index (κ1) is 13.9. The minimum atomic E-state index is 0.0712. The molecule has 4 heteroatoms. The Morgan fingerprint density at radius 2 is 1.90 bits per heavy atom. The molecule has 110 valence electrons. The molecule has 0 aliphatic carbocycles. The fraction of sp³-hybridized carbons (Fsp3) is 0.412. The first-order chi connectivity index (χ1) is 10.2. The molecule has 2 heterocycles. The summed E-state index contributed by atoms with van der Waals surface area (Å²) in [6.07, 6.45) is 2.79. The van der Waals surface area contributed by atoms with E-state index in [-0.39, 0.29) is 5.56 Å². The molecule has 0 amide bonds.